The molecule has 296 valence electrons. The van der Waals surface area contributed by atoms with Crippen molar-refractivity contribution >= 4 is 291 Å². The summed E-state index contributed by atoms with van der Waals surface area (Å²) in [5.74, 6) is 0. The molecule has 0 radical (unpaired) electrons. The van der Waals surface area contributed by atoms with Crippen LogP contribution in [0.25, 0.3) is 291 Å². The smallest absolute Gasteiger partial charge is 0.132 e. The summed E-state index contributed by atoms with van der Waals surface area (Å²) in [5, 5.41) is 99.9. The highest BCUT2D eigenvalue weighted by Gasteiger charge is 2.85. The molecular formula is C69H8O2. The first kappa shape index (κ1) is 26.0. The molecule has 2 spiro atoms. The fraction of sp³-hybridized carbons (Fsp3) is 0.0725. The lowest BCUT2D eigenvalue weighted by molar-refractivity contribution is -0.0781. The van der Waals surface area contributed by atoms with Gasteiger partial charge >= 0.3 is 0 Å². The van der Waals surface area contributed by atoms with Gasteiger partial charge in [0.1, 0.15) is 5.60 Å². The second kappa shape index (κ2) is 5.74. The molecule has 1 N–H and O–H groups in total. The van der Waals surface area contributed by atoms with Crippen LogP contribution in [0.4, 0.5) is 0 Å². The summed E-state index contributed by atoms with van der Waals surface area (Å²) in [6.07, 6.45) is -0.235. The first-order valence-corrected chi connectivity index (χ1v) is 26.5. The van der Waals surface area contributed by atoms with Gasteiger partial charge in [-0.1, -0.05) is 24.3 Å². The number of hydrogen-bond donors (Lipinski definition) is 1. The molecule has 2 atom stereocenters. The predicted molar refractivity (Wildman–Crippen MR) is 293 cm³/mol. The Morgan fingerprint density at radius 1 is 0.282 bits per heavy atom. The summed E-state index contributed by atoms with van der Waals surface area (Å²) in [6.45, 7) is -0.0421. The van der Waals surface area contributed by atoms with Crippen molar-refractivity contribution in [1.82, 2.24) is 0 Å². The van der Waals surface area contributed by atoms with Gasteiger partial charge in [0, 0.05) is 0 Å². The second-order valence-electron chi connectivity index (χ2n) is 26.4. The molecule has 5 aliphatic carbocycles. The second-order valence-corrected chi connectivity index (χ2v) is 26.4. The molecule has 2 heteroatoms. The van der Waals surface area contributed by atoms with Gasteiger partial charge in [-0.05, 0) is 324 Å². The van der Waals surface area contributed by atoms with Gasteiger partial charge in [-0.15, -0.1) is 0 Å². The van der Waals surface area contributed by atoms with Crippen LogP contribution in [0, 0.1) is 0 Å². The van der Waals surface area contributed by atoms with Gasteiger partial charge in [0.15, 0.2) is 0 Å². The van der Waals surface area contributed by atoms with Crippen molar-refractivity contribution in [2.45, 2.75) is 22.5 Å². The maximum atomic E-state index is 13.2. The van der Waals surface area contributed by atoms with E-state index in [1.165, 1.54) is 11.1 Å². The maximum Gasteiger partial charge on any atom is 0.132 e. The van der Waals surface area contributed by atoms with E-state index in [0.29, 0.717) is 0 Å². The molecule has 1 saturated heterocycles. The van der Waals surface area contributed by atoms with E-state index in [0.717, 1.165) is 0 Å². The molecule has 2 aliphatic heterocycles. The van der Waals surface area contributed by atoms with Crippen molar-refractivity contribution in [1.29, 1.82) is 0 Å². The van der Waals surface area contributed by atoms with E-state index in [-0.39, 0.29) is 12.7 Å². The predicted octanol–water partition coefficient (Wildman–Crippen LogP) is 17.3. The molecular weight excluding hydrogens is 861 g/mol. The fourth-order valence-electron chi connectivity index (χ4n) is 26.8. The lowest BCUT2D eigenvalue weighted by Crippen LogP contribution is -2.62. The van der Waals surface area contributed by atoms with Crippen LogP contribution in [0.15, 0.2) is 24.3 Å². The molecule has 0 unspecified atom stereocenters. The normalized spacial score (nSPS) is 25.8. The Kier molecular flexibility index (Phi) is 2.10. The number of aliphatic hydroxyl groups is 1. The topological polar surface area (TPSA) is 29.5 Å². The highest BCUT2D eigenvalue weighted by molar-refractivity contribution is 6.82. The first-order valence-electron chi connectivity index (χ1n) is 26.5. The fourth-order valence-corrected chi connectivity index (χ4v) is 26.8. The van der Waals surface area contributed by atoms with Crippen molar-refractivity contribution < 1.29 is 9.84 Å². The minimum Gasteiger partial charge on any atom is -0.393 e. The molecule has 7 aliphatic rings. The zero-order valence-corrected chi connectivity index (χ0v) is 35.9. The molecule has 2 bridgehead atoms. The van der Waals surface area contributed by atoms with Crippen LogP contribution in [-0.2, 0) is 21.2 Å². The SMILES string of the molecule is OC[C@@]12O[C@@H](c3ccccc31)C13c4c5c6c7c8c9c(c%10c%11c1c1c4c4c%12c5c5c6c6c8c8c%13c9c9c%10c%10c%11c%11c1c1c4c4c%12c%12c5c5c6c8c6c8c%13c9c9c%10c%10c%11c1c1c4c4c%12c5c6c5c8c9c%10c1c45)C732. The van der Waals surface area contributed by atoms with E-state index in [4.69, 9.17) is 4.74 Å². The van der Waals surface area contributed by atoms with E-state index in [1.54, 1.807) is 313 Å². The van der Waals surface area contributed by atoms with Crippen LogP contribution in [0.5, 0.6) is 0 Å². The van der Waals surface area contributed by atoms with E-state index in [9.17, 15) is 5.11 Å². The molecule has 71 heavy (non-hydrogen) atoms. The monoisotopic (exact) mass is 868 g/mol. The van der Waals surface area contributed by atoms with Crippen molar-refractivity contribution in [3.05, 3.63) is 57.6 Å². The standard InChI is InChI=1S/C69H8O2/c70-5-67-7-4-2-1-3-6(7)66(71-67)68-62-54-46-36-26-18-10-8-9-12-16-14(10)22-30-24(16)34-28-20(12)21-13(9)17-15-11(8)19(18)27-33-23(15)31-25(17)35-29(21)39-38(28)50-44(34)52-42(30)48(40(46)32(22)26)56(62)58(52)64-60(50)61-51(39)45(35)53-43(31)49-41(33)47(37(27)36)55(54)63(68)57(49)59(53)65(61)69(64,67)68/h1-4,66,70H,5H2/t66-,67+,68?,69?/m0/s1. The molecule has 2 nitrogen and oxygen atoms in total. The number of rotatable bonds is 1. The number of benzene rings is 19. The van der Waals surface area contributed by atoms with Gasteiger partial charge in [0.25, 0.3) is 0 Å². The summed E-state index contributed by atoms with van der Waals surface area (Å²) >= 11 is 0. The summed E-state index contributed by atoms with van der Waals surface area (Å²) < 4.78 is 8.36. The maximum absolute atomic E-state index is 13.2. The Balaban J connectivity index is 1.19. The molecule has 0 aromatic heterocycles. The lowest BCUT2D eigenvalue weighted by Gasteiger charge is -2.57. The molecule has 1 fully saturated rings. The number of aliphatic hydroxyl groups excluding tert-OH is 1. The Bertz CT molecular complexity index is 7330. The van der Waals surface area contributed by atoms with Crippen LogP contribution in [0.2, 0.25) is 0 Å². The van der Waals surface area contributed by atoms with Gasteiger partial charge in [-0.25, -0.2) is 0 Å². The zero-order chi connectivity index (χ0) is 42.0. The van der Waals surface area contributed by atoms with Gasteiger partial charge in [0.2, 0.25) is 0 Å². The van der Waals surface area contributed by atoms with Gasteiger partial charge in [0.05, 0.1) is 23.5 Å². The zero-order valence-electron chi connectivity index (χ0n) is 35.9. The highest BCUT2D eigenvalue weighted by Crippen LogP contribution is 2.91. The van der Waals surface area contributed by atoms with Crippen LogP contribution >= 0.6 is 0 Å². The number of ether oxygens (including phenoxy) is 1. The summed E-state index contributed by atoms with van der Waals surface area (Å²) in [7, 11) is 0. The summed E-state index contributed by atoms with van der Waals surface area (Å²) in [5.41, 5.74) is 6.73. The minimum absolute atomic E-state index is 0.0421. The van der Waals surface area contributed by atoms with Gasteiger partial charge in [-0.3, -0.25) is 0 Å². The van der Waals surface area contributed by atoms with Crippen molar-refractivity contribution in [2.75, 3.05) is 6.61 Å². The molecule has 36 rings (SSSR count). The quantitative estimate of drug-likeness (QED) is 0.167. The minimum atomic E-state index is -0.975. The average Bonchev–Trinajstić information content (AvgIpc) is 4.33. The van der Waals surface area contributed by atoms with E-state index in [2.05, 4.69) is 24.3 Å². The van der Waals surface area contributed by atoms with E-state index in [1.807, 2.05) is 0 Å². The third-order valence-corrected chi connectivity index (χ3v) is 26.6. The van der Waals surface area contributed by atoms with E-state index >= 15 is 0 Å². The van der Waals surface area contributed by atoms with Crippen molar-refractivity contribution in [3.8, 4) is 0 Å². The summed E-state index contributed by atoms with van der Waals surface area (Å²) in [4.78, 5) is 0. The van der Waals surface area contributed by atoms with Crippen molar-refractivity contribution in [3.63, 3.8) is 0 Å². The van der Waals surface area contributed by atoms with Crippen LogP contribution in [0.1, 0.15) is 39.5 Å². The van der Waals surface area contributed by atoms with Crippen LogP contribution < -0.4 is 0 Å². The molecule has 29 aromatic carbocycles. The Morgan fingerprint density at radius 2 is 0.493 bits per heavy atom. The Hall–Kier alpha value is -8.40. The third kappa shape index (κ3) is 1.31. The molecule has 29 aromatic rings. The highest BCUT2D eigenvalue weighted by atomic mass is 16.5. The van der Waals surface area contributed by atoms with Gasteiger partial charge < -0.3 is 9.84 Å². The number of hydrogen-bond acceptors (Lipinski definition) is 2. The van der Waals surface area contributed by atoms with Gasteiger partial charge in [-0.2, -0.15) is 0 Å². The lowest BCUT2D eigenvalue weighted by atomic mass is 9.40. The first-order chi connectivity index (χ1) is 35.4. The van der Waals surface area contributed by atoms with Crippen LogP contribution in [0.3, 0.4) is 0 Å². The Morgan fingerprint density at radius 3 is 0.732 bits per heavy atom. The molecule has 2 heterocycles. The summed E-state index contributed by atoms with van der Waals surface area (Å²) in [6, 6.07) is 9.36. The third-order valence-electron chi connectivity index (χ3n) is 26.6. The van der Waals surface area contributed by atoms with E-state index < -0.39 is 16.4 Å². The average molecular weight is 869 g/mol. The molecule has 0 amide bonds. The van der Waals surface area contributed by atoms with Crippen LogP contribution in [-0.4, -0.2) is 11.7 Å². The Labute approximate surface area is 385 Å². The largest absolute Gasteiger partial charge is 0.393 e. The molecule has 0 saturated carbocycles. The van der Waals surface area contributed by atoms with Crippen molar-refractivity contribution in [2.24, 2.45) is 0 Å².